The minimum absolute atomic E-state index is 0.197. The first kappa shape index (κ1) is 22.2. The summed E-state index contributed by atoms with van der Waals surface area (Å²) in [7, 11) is 4.00. The molecule has 1 heterocycles. The van der Waals surface area contributed by atoms with E-state index in [1.165, 1.54) is 6.07 Å². The van der Waals surface area contributed by atoms with E-state index in [0.717, 1.165) is 25.6 Å². The smallest absolute Gasteiger partial charge is 0.363 e. The summed E-state index contributed by atoms with van der Waals surface area (Å²) in [5, 5.41) is 15.1. The average Bonchev–Trinajstić information content (AvgIpc) is 2.63. The van der Waals surface area contributed by atoms with Gasteiger partial charge in [0.25, 0.3) is 5.69 Å². The fraction of sp³-hybridized carbons (Fsp3) is 0.588. The summed E-state index contributed by atoms with van der Waals surface area (Å²) in [6, 6.07) is 2.65. The van der Waals surface area contributed by atoms with Crippen LogP contribution in [0.1, 0.15) is 12.0 Å². The third-order valence-electron chi connectivity index (χ3n) is 4.47. The highest BCUT2D eigenvalue weighted by Gasteiger charge is 2.34. The molecule has 1 aliphatic rings. The van der Waals surface area contributed by atoms with Crippen molar-refractivity contribution in [3.8, 4) is 0 Å². The Bertz CT molecular complexity index is 707. The highest BCUT2D eigenvalue weighted by molar-refractivity contribution is 7.80. The normalized spacial score (nSPS) is 15.1. The molecule has 1 aliphatic heterocycles. The van der Waals surface area contributed by atoms with Crippen LogP contribution in [0.2, 0.25) is 0 Å². The van der Waals surface area contributed by atoms with Crippen LogP contribution in [-0.4, -0.2) is 73.2 Å². The lowest BCUT2D eigenvalue weighted by Crippen LogP contribution is -2.52. The quantitative estimate of drug-likeness (QED) is 0.329. The number of rotatable bonds is 6. The van der Waals surface area contributed by atoms with Gasteiger partial charge in [0.2, 0.25) is 0 Å². The maximum atomic E-state index is 12.9. The summed E-state index contributed by atoms with van der Waals surface area (Å²) < 4.78 is 38.6. The highest BCUT2D eigenvalue weighted by atomic mass is 32.1. The van der Waals surface area contributed by atoms with Gasteiger partial charge in [0.15, 0.2) is 5.11 Å². The van der Waals surface area contributed by atoms with Crippen molar-refractivity contribution >= 4 is 28.7 Å². The molecule has 7 nitrogen and oxygen atoms in total. The summed E-state index contributed by atoms with van der Waals surface area (Å²) in [6.07, 6.45) is -3.67. The van der Waals surface area contributed by atoms with Crippen LogP contribution in [0, 0.1) is 10.1 Å². The molecule has 0 saturated carbocycles. The molecule has 0 aliphatic carbocycles. The molecule has 1 saturated heterocycles. The molecular weight excluding hydrogens is 395 g/mol. The summed E-state index contributed by atoms with van der Waals surface area (Å²) in [6.45, 7) is 3.65. The molecule has 1 aromatic rings. The number of nitro benzene ring substituents is 1. The number of nitrogens with one attached hydrogen (secondary N) is 1. The van der Waals surface area contributed by atoms with Crippen molar-refractivity contribution in [2.45, 2.75) is 12.6 Å². The van der Waals surface area contributed by atoms with Crippen molar-refractivity contribution < 1.29 is 18.1 Å². The first-order valence-corrected chi connectivity index (χ1v) is 9.28. The number of halogens is 3. The fourth-order valence-corrected chi connectivity index (χ4v) is 3.25. The molecule has 0 unspecified atom stereocenters. The number of benzene rings is 1. The van der Waals surface area contributed by atoms with Crippen LogP contribution < -0.4 is 10.2 Å². The minimum Gasteiger partial charge on any atom is -0.363 e. The van der Waals surface area contributed by atoms with Crippen molar-refractivity contribution in [2.75, 3.05) is 58.3 Å². The Morgan fingerprint density at radius 2 is 1.93 bits per heavy atom. The molecule has 0 amide bonds. The van der Waals surface area contributed by atoms with E-state index in [2.05, 4.69) is 10.2 Å². The van der Waals surface area contributed by atoms with Gasteiger partial charge in [-0.3, -0.25) is 10.1 Å². The predicted molar refractivity (Wildman–Crippen MR) is 106 cm³/mol. The van der Waals surface area contributed by atoms with Gasteiger partial charge in [0.1, 0.15) is 5.69 Å². The number of nitrogens with zero attached hydrogens (tertiary/aromatic N) is 4. The number of nitro groups is 1. The standard InChI is InChI=1S/C17H24F3N5O2S/c1-22(2)7-3-6-21-16(28)24-10-8-23(9-11-24)14-5-4-13(17(18,19)20)12-15(14)25(26)27/h4-5,12H,3,6-11H2,1-2H3,(H,21,28). The summed E-state index contributed by atoms with van der Waals surface area (Å²) in [5.74, 6) is 0. The predicted octanol–water partition coefficient (Wildman–Crippen LogP) is 2.56. The second-order valence-electron chi connectivity index (χ2n) is 6.82. The van der Waals surface area contributed by atoms with Gasteiger partial charge >= 0.3 is 6.18 Å². The molecule has 156 valence electrons. The van der Waals surface area contributed by atoms with Crippen molar-refractivity contribution in [3.05, 3.63) is 33.9 Å². The maximum absolute atomic E-state index is 12.9. The SMILES string of the molecule is CN(C)CCCNC(=S)N1CCN(c2ccc(C(F)(F)F)cc2[N+](=O)[O-])CC1. The van der Waals surface area contributed by atoms with Crippen LogP contribution in [0.3, 0.4) is 0 Å². The van der Waals surface area contributed by atoms with E-state index in [0.29, 0.717) is 37.4 Å². The molecule has 1 N–H and O–H groups in total. The number of hydrogen-bond donors (Lipinski definition) is 1. The number of alkyl halides is 3. The van der Waals surface area contributed by atoms with Crippen molar-refractivity contribution in [3.63, 3.8) is 0 Å². The van der Waals surface area contributed by atoms with Gasteiger partial charge < -0.3 is 20.0 Å². The molecule has 28 heavy (non-hydrogen) atoms. The molecule has 0 spiro atoms. The zero-order valence-corrected chi connectivity index (χ0v) is 16.6. The van der Waals surface area contributed by atoms with Gasteiger partial charge in [0, 0.05) is 38.8 Å². The van der Waals surface area contributed by atoms with Crippen LogP contribution in [0.4, 0.5) is 24.5 Å². The van der Waals surface area contributed by atoms with E-state index in [4.69, 9.17) is 12.2 Å². The minimum atomic E-state index is -4.62. The van der Waals surface area contributed by atoms with E-state index in [-0.39, 0.29) is 5.69 Å². The van der Waals surface area contributed by atoms with Gasteiger partial charge in [-0.05, 0) is 51.4 Å². The second-order valence-corrected chi connectivity index (χ2v) is 7.21. The Morgan fingerprint density at radius 3 is 2.46 bits per heavy atom. The number of hydrogen-bond acceptors (Lipinski definition) is 5. The fourth-order valence-electron chi connectivity index (χ4n) is 2.97. The first-order valence-electron chi connectivity index (χ1n) is 8.87. The van der Waals surface area contributed by atoms with Crippen molar-refractivity contribution in [2.24, 2.45) is 0 Å². The maximum Gasteiger partial charge on any atom is 0.416 e. The summed E-state index contributed by atoms with van der Waals surface area (Å²) in [4.78, 5) is 16.3. The van der Waals surface area contributed by atoms with Crippen LogP contribution in [0.15, 0.2) is 18.2 Å². The van der Waals surface area contributed by atoms with Crippen LogP contribution in [-0.2, 0) is 6.18 Å². The molecule has 0 radical (unpaired) electrons. The molecule has 0 bridgehead atoms. The van der Waals surface area contributed by atoms with E-state index in [9.17, 15) is 23.3 Å². The van der Waals surface area contributed by atoms with Gasteiger partial charge in [0.05, 0.1) is 10.5 Å². The molecular formula is C17H24F3N5O2S. The molecule has 2 rings (SSSR count). The number of anilines is 1. The van der Waals surface area contributed by atoms with Gasteiger partial charge in [-0.2, -0.15) is 13.2 Å². The monoisotopic (exact) mass is 419 g/mol. The van der Waals surface area contributed by atoms with E-state index in [1.54, 1.807) is 4.90 Å². The number of piperazine rings is 1. The van der Waals surface area contributed by atoms with Crippen molar-refractivity contribution in [1.82, 2.24) is 15.1 Å². The van der Waals surface area contributed by atoms with Crippen LogP contribution in [0.5, 0.6) is 0 Å². The Balaban J connectivity index is 1.97. The third kappa shape index (κ3) is 5.93. The van der Waals surface area contributed by atoms with Gasteiger partial charge in [-0.1, -0.05) is 0 Å². The largest absolute Gasteiger partial charge is 0.416 e. The molecule has 0 atom stereocenters. The Morgan fingerprint density at radius 1 is 1.29 bits per heavy atom. The van der Waals surface area contributed by atoms with Crippen molar-refractivity contribution in [1.29, 1.82) is 0 Å². The highest BCUT2D eigenvalue weighted by Crippen LogP contribution is 2.36. The topological polar surface area (TPSA) is 64.9 Å². The van der Waals surface area contributed by atoms with E-state index < -0.39 is 22.4 Å². The third-order valence-corrected chi connectivity index (χ3v) is 4.87. The Labute approximate surface area is 167 Å². The number of thiocarbonyl (C=S) groups is 1. The molecule has 11 heteroatoms. The molecule has 1 fully saturated rings. The zero-order valence-electron chi connectivity index (χ0n) is 15.8. The first-order chi connectivity index (χ1) is 13.1. The zero-order chi connectivity index (χ0) is 20.9. The summed E-state index contributed by atoms with van der Waals surface area (Å²) >= 11 is 5.38. The van der Waals surface area contributed by atoms with E-state index in [1.807, 2.05) is 19.0 Å². The Hall–Kier alpha value is -2.14. The molecule has 1 aromatic carbocycles. The van der Waals surface area contributed by atoms with Gasteiger partial charge in [-0.15, -0.1) is 0 Å². The summed E-state index contributed by atoms with van der Waals surface area (Å²) in [5.41, 5.74) is -1.36. The second kappa shape index (κ2) is 9.37. The Kier molecular flexibility index (Phi) is 7.41. The van der Waals surface area contributed by atoms with Gasteiger partial charge in [-0.25, -0.2) is 0 Å². The van der Waals surface area contributed by atoms with E-state index >= 15 is 0 Å². The lowest BCUT2D eigenvalue weighted by molar-refractivity contribution is -0.384. The van der Waals surface area contributed by atoms with Crippen LogP contribution >= 0.6 is 12.2 Å². The lowest BCUT2D eigenvalue weighted by Gasteiger charge is -2.37. The average molecular weight is 419 g/mol. The lowest BCUT2D eigenvalue weighted by atomic mass is 10.1. The molecule has 0 aromatic heterocycles. The van der Waals surface area contributed by atoms with Crippen LogP contribution in [0.25, 0.3) is 0 Å².